The average molecular weight is 518 g/mol. The number of aromatic nitrogens is 6. The molecule has 1 amide bonds. The zero-order valence-electron chi connectivity index (χ0n) is 20.0. The fourth-order valence-corrected chi connectivity index (χ4v) is 5.16. The van der Waals surface area contributed by atoms with Crippen LogP contribution in [0.3, 0.4) is 0 Å². The summed E-state index contributed by atoms with van der Waals surface area (Å²) in [5.74, 6) is -2.12. The number of nitrogens with zero attached hydrogens (tertiary/aromatic N) is 5. The molecule has 0 spiro atoms. The molecule has 11 heteroatoms. The van der Waals surface area contributed by atoms with E-state index in [1.54, 1.807) is 24.4 Å². The van der Waals surface area contributed by atoms with Gasteiger partial charge in [0.2, 0.25) is 0 Å². The molecular weight excluding hydrogens is 495 g/mol. The molecule has 2 atom stereocenters. The molecule has 38 heavy (non-hydrogen) atoms. The van der Waals surface area contributed by atoms with Crippen LogP contribution in [0.5, 0.6) is 0 Å². The third-order valence-corrected chi connectivity index (χ3v) is 6.88. The van der Waals surface area contributed by atoms with Crippen LogP contribution in [0.4, 0.5) is 13.2 Å². The van der Waals surface area contributed by atoms with E-state index in [-0.39, 0.29) is 12.1 Å². The molecule has 1 aliphatic carbocycles. The second-order valence-electron chi connectivity index (χ2n) is 9.27. The van der Waals surface area contributed by atoms with E-state index < -0.39 is 28.9 Å². The Balaban J connectivity index is 1.39. The molecule has 6 rings (SSSR count). The lowest BCUT2D eigenvalue weighted by molar-refractivity contribution is 0.0912. The molecule has 192 valence electrons. The number of carbonyl (C=O) groups is 1. The van der Waals surface area contributed by atoms with Crippen molar-refractivity contribution in [2.45, 2.75) is 37.8 Å². The number of rotatable bonds is 5. The molecule has 3 aromatic heterocycles. The van der Waals surface area contributed by atoms with Crippen LogP contribution >= 0.6 is 0 Å². The first-order valence-electron chi connectivity index (χ1n) is 12.2. The molecule has 1 aliphatic rings. The Morgan fingerprint density at radius 2 is 1.79 bits per heavy atom. The van der Waals surface area contributed by atoms with E-state index in [9.17, 15) is 18.0 Å². The fourth-order valence-electron chi connectivity index (χ4n) is 5.16. The Morgan fingerprint density at radius 3 is 2.55 bits per heavy atom. The fraction of sp³-hybridized carbons (Fsp3) is 0.222. The highest BCUT2D eigenvalue weighted by Gasteiger charge is 2.30. The van der Waals surface area contributed by atoms with Crippen LogP contribution < -0.4 is 5.32 Å². The summed E-state index contributed by atoms with van der Waals surface area (Å²) in [5.41, 5.74) is 1.59. The predicted molar refractivity (Wildman–Crippen MR) is 133 cm³/mol. The topological polar surface area (TPSA) is 101 Å². The predicted octanol–water partition coefficient (Wildman–Crippen LogP) is 5.21. The maximum Gasteiger partial charge on any atom is 0.257 e. The van der Waals surface area contributed by atoms with Crippen LogP contribution in [-0.2, 0) is 0 Å². The Morgan fingerprint density at radius 1 is 1.00 bits per heavy atom. The van der Waals surface area contributed by atoms with E-state index in [0.29, 0.717) is 41.3 Å². The van der Waals surface area contributed by atoms with E-state index in [0.717, 1.165) is 30.5 Å². The number of hydrogen-bond acceptors (Lipinski definition) is 5. The van der Waals surface area contributed by atoms with Gasteiger partial charge in [0.15, 0.2) is 5.82 Å². The third-order valence-electron chi connectivity index (χ3n) is 6.88. The lowest BCUT2D eigenvalue weighted by Gasteiger charge is -2.32. The Labute approximate surface area is 215 Å². The van der Waals surface area contributed by atoms with Gasteiger partial charge in [-0.1, -0.05) is 18.2 Å². The van der Waals surface area contributed by atoms with E-state index in [2.05, 4.69) is 25.5 Å². The first-order chi connectivity index (χ1) is 18.5. The molecule has 3 heterocycles. The number of pyridine rings is 1. The van der Waals surface area contributed by atoms with Crippen molar-refractivity contribution >= 4 is 16.9 Å². The smallest absolute Gasteiger partial charge is 0.257 e. The second-order valence-corrected chi connectivity index (χ2v) is 9.27. The summed E-state index contributed by atoms with van der Waals surface area (Å²) in [6.07, 6.45) is 5.59. The monoisotopic (exact) mass is 517 g/mol. The van der Waals surface area contributed by atoms with E-state index in [1.165, 1.54) is 18.5 Å². The molecule has 2 unspecified atom stereocenters. The summed E-state index contributed by atoms with van der Waals surface area (Å²) >= 11 is 0. The van der Waals surface area contributed by atoms with Gasteiger partial charge in [-0.15, -0.1) is 0 Å². The third kappa shape index (κ3) is 4.29. The van der Waals surface area contributed by atoms with Gasteiger partial charge in [-0.25, -0.2) is 23.1 Å². The van der Waals surface area contributed by atoms with Crippen LogP contribution in [0, 0.1) is 17.5 Å². The van der Waals surface area contributed by atoms with Crippen LogP contribution in [0.2, 0.25) is 0 Å². The highest BCUT2D eigenvalue weighted by Crippen LogP contribution is 2.37. The van der Waals surface area contributed by atoms with E-state index >= 15 is 0 Å². The standard InChI is InChI=1S/C27H22F3N7O/c28-18-8-2-1-7-17(18)26-35-22-13-31-21(25-32-14-33-36-25)12-23(22)37(26)16-6-3-5-15(11-16)34-27(38)24-19(29)9-4-10-20(24)30/h1-2,4,7-10,12-16H,3,5-6,11H2,(H,34,38)(H,32,33,36). The van der Waals surface area contributed by atoms with E-state index in [4.69, 9.17) is 4.98 Å². The number of aromatic amines is 1. The van der Waals surface area contributed by atoms with E-state index in [1.807, 2.05) is 10.6 Å². The maximum atomic E-state index is 14.9. The van der Waals surface area contributed by atoms with Gasteiger partial charge in [0.1, 0.15) is 46.4 Å². The maximum absolute atomic E-state index is 14.9. The minimum Gasteiger partial charge on any atom is -0.349 e. The van der Waals surface area contributed by atoms with Gasteiger partial charge in [-0.3, -0.25) is 14.9 Å². The number of hydrogen-bond donors (Lipinski definition) is 2. The Bertz CT molecular complexity index is 1610. The molecule has 8 nitrogen and oxygen atoms in total. The summed E-state index contributed by atoms with van der Waals surface area (Å²) in [7, 11) is 0. The number of imidazole rings is 1. The summed E-state index contributed by atoms with van der Waals surface area (Å²) in [6, 6.07) is 11.0. The molecule has 2 aromatic carbocycles. The number of halogens is 3. The quantitative estimate of drug-likeness (QED) is 0.333. The molecular formula is C27H22F3N7O. The lowest BCUT2D eigenvalue weighted by atomic mass is 9.90. The normalized spacial score (nSPS) is 17.6. The summed E-state index contributed by atoms with van der Waals surface area (Å²) in [6.45, 7) is 0. The summed E-state index contributed by atoms with van der Waals surface area (Å²) in [5, 5.41) is 9.48. The van der Waals surface area contributed by atoms with Crippen molar-refractivity contribution in [1.29, 1.82) is 0 Å². The van der Waals surface area contributed by atoms with Crippen molar-refractivity contribution in [2.24, 2.45) is 0 Å². The minimum atomic E-state index is -0.912. The zero-order chi connectivity index (χ0) is 26.2. The van der Waals surface area contributed by atoms with Crippen LogP contribution in [0.25, 0.3) is 33.9 Å². The largest absolute Gasteiger partial charge is 0.349 e. The van der Waals surface area contributed by atoms with Crippen molar-refractivity contribution in [3.8, 4) is 22.9 Å². The van der Waals surface area contributed by atoms with Gasteiger partial charge >= 0.3 is 0 Å². The van der Waals surface area contributed by atoms with Gasteiger partial charge in [-0.2, -0.15) is 5.10 Å². The number of amides is 1. The molecule has 0 radical (unpaired) electrons. The lowest BCUT2D eigenvalue weighted by Crippen LogP contribution is -2.39. The highest BCUT2D eigenvalue weighted by molar-refractivity contribution is 5.95. The van der Waals surface area contributed by atoms with Crippen molar-refractivity contribution in [1.82, 2.24) is 35.0 Å². The van der Waals surface area contributed by atoms with Crippen molar-refractivity contribution in [2.75, 3.05) is 0 Å². The van der Waals surface area contributed by atoms with Gasteiger partial charge in [0, 0.05) is 12.1 Å². The van der Waals surface area contributed by atoms with Gasteiger partial charge in [-0.05, 0) is 56.0 Å². The van der Waals surface area contributed by atoms with Gasteiger partial charge in [0.05, 0.1) is 17.3 Å². The molecule has 2 N–H and O–H groups in total. The molecule has 0 aliphatic heterocycles. The summed E-state index contributed by atoms with van der Waals surface area (Å²) < 4.78 is 45.3. The minimum absolute atomic E-state index is 0.177. The number of carbonyl (C=O) groups excluding carboxylic acids is 1. The number of fused-ring (bicyclic) bond motifs is 1. The first kappa shape index (κ1) is 23.8. The first-order valence-corrected chi connectivity index (χ1v) is 12.2. The van der Waals surface area contributed by atoms with Crippen molar-refractivity contribution < 1.29 is 18.0 Å². The van der Waals surface area contributed by atoms with Crippen molar-refractivity contribution in [3.05, 3.63) is 84.1 Å². The Kier molecular flexibility index (Phi) is 6.10. The van der Waals surface area contributed by atoms with Crippen LogP contribution in [0.1, 0.15) is 42.1 Å². The molecule has 5 aromatic rings. The molecule has 1 fully saturated rings. The molecule has 1 saturated carbocycles. The number of H-pyrrole nitrogens is 1. The highest BCUT2D eigenvalue weighted by atomic mass is 19.1. The van der Waals surface area contributed by atoms with Crippen molar-refractivity contribution in [3.63, 3.8) is 0 Å². The number of nitrogens with one attached hydrogen (secondary N) is 2. The zero-order valence-corrected chi connectivity index (χ0v) is 20.0. The molecule has 0 bridgehead atoms. The van der Waals surface area contributed by atoms with Crippen LogP contribution in [-0.4, -0.2) is 41.7 Å². The Hall–Kier alpha value is -4.54. The van der Waals surface area contributed by atoms with Gasteiger partial charge < -0.3 is 9.88 Å². The molecule has 0 saturated heterocycles. The summed E-state index contributed by atoms with van der Waals surface area (Å²) in [4.78, 5) is 26.1. The average Bonchev–Trinajstić information content (AvgIpc) is 3.57. The SMILES string of the molecule is O=C(NC1CCCC(n2c(-c3ccccc3F)nc3cnc(-c4ncn[nH]4)cc32)C1)c1c(F)cccc1F. The number of benzene rings is 2. The second kappa shape index (κ2) is 9.73. The van der Waals surface area contributed by atoms with Crippen LogP contribution in [0.15, 0.2) is 61.1 Å². The van der Waals surface area contributed by atoms with Gasteiger partial charge in [0.25, 0.3) is 5.91 Å².